The van der Waals surface area contributed by atoms with Crippen molar-refractivity contribution in [2.75, 3.05) is 5.32 Å². The third-order valence-electron chi connectivity index (χ3n) is 2.47. The lowest BCUT2D eigenvalue weighted by Gasteiger charge is -2.06. The molecule has 2 aromatic rings. The molecule has 0 unspecified atom stereocenters. The average Bonchev–Trinajstić information content (AvgIpc) is 2.33. The maximum Gasteiger partial charge on any atom is 0.229 e. The molecule has 0 bridgehead atoms. The van der Waals surface area contributed by atoms with Crippen molar-refractivity contribution in [1.82, 2.24) is 4.98 Å². The van der Waals surface area contributed by atoms with E-state index in [-0.39, 0.29) is 5.91 Å². The molecule has 1 aromatic heterocycles. The minimum atomic E-state index is -0.0435. The van der Waals surface area contributed by atoms with E-state index in [1.54, 1.807) is 6.20 Å². The molecule has 1 heterocycles. The molecule has 1 amide bonds. The van der Waals surface area contributed by atoms with Gasteiger partial charge in [0, 0.05) is 6.20 Å². The summed E-state index contributed by atoms with van der Waals surface area (Å²) in [4.78, 5) is 15.9. The Bertz CT molecular complexity index is 509. The molecule has 0 aliphatic heterocycles. The Morgan fingerprint density at radius 3 is 2.65 bits per heavy atom. The summed E-state index contributed by atoms with van der Waals surface area (Å²) in [6.07, 6.45) is 2.04. The van der Waals surface area contributed by atoms with Crippen molar-refractivity contribution in [3.05, 3.63) is 59.8 Å². The number of nitrogens with zero attached hydrogens (tertiary/aromatic N) is 1. The zero-order chi connectivity index (χ0) is 12.1. The summed E-state index contributed by atoms with van der Waals surface area (Å²) in [5, 5.41) is 2.81. The number of aromatic nitrogens is 1. The maximum atomic E-state index is 11.8. The maximum absolute atomic E-state index is 11.8. The van der Waals surface area contributed by atoms with Crippen LogP contribution in [0.15, 0.2) is 48.7 Å². The molecular weight excluding hydrogens is 212 g/mol. The predicted molar refractivity (Wildman–Crippen MR) is 67.7 cm³/mol. The number of amides is 1. The first kappa shape index (κ1) is 11.3. The molecule has 0 atom stereocenters. The number of rotatable bonds is 3. The van der Waals surface area contributed by atoms with Crippen LogP contribution in [0.1, 0.15) is 11.1 Å². The Kier molecular flexibility index (Phi) is 3.50. The molecule has 1 N–H and O–H groups in total. The first-order chi connectivity index (χ1) is 8.25. The highest BCUT2D eigenvalue weighted by Crippen LogP contribution is 2.10. The smallest absolute Gasteiger partial charge is 0.229 e. The second-order valence-corrected chi connectivity index (χ2v) is 3.88. The third-order valence-corrected chi connectivity index (χ3v) is 2.47. The van der Waals surface area contributed by atoms with Gasteiger partial charge in [0.05, 0.1) is 6.42 Å². The lowest BCUT2D eigenvalue weighted by Crippen LogP contribution is -2.15. The predicted octanol–water partition coefficient (Wildman–Crippen LogP) is 2.57. The van der Waals surface area contributed by atoms with Gasteiger partial charge in [-0.2, -0.15) is 0 Å². The van der Waals surface area contributed by atoms with Crippen molar-refractivity contribution in [2.24, 2.45) is 0 Å². The monoisotopic (exact) mass is 226 g/mol. The summed E-state index contributed by atoms with van der Waals surface area (Å²) in [6, 6.07) is 13.4. The van der Waals surface area contributed by atoms with E-state index in [0.717, 1.165) is 11.1 Å². The zero-order valence-corrected chi connectivity index (χ0v) is 9.68. The number of aryl methyl sites for hydroxylation is 1. The molecule has 0 saturated carbocycles. The van der Waals surface area contributed by atoms with Crippen LogP contribution >= 0.6 is 0 Å². The second-order valence-electron chi connectivity index (χ2n) is 3.88. The molecule has 2 rings (SSSR count). The molecule has 3 nitrogen and oxygen atoms in total. The van der Waals surface area contributed by atoms with Gasteiger partial charge in [0.25, 0.3) is 0 Å². The van der Waals surface area contributed by atoms with Crippen LogP contribution < -0.4 is 5.32 Å². The van der Waals surface area contributed by atoms with Crippen LogP contribution in [0.5, 0.6) is 0 Å². The third kappa shape index (κ3) is 3.14. The van der Waals surface area contributed by atoms with Crippen LogP contribution in [0.25, 0.3) is 0 Å². The van der Waals surface area contributed by atoms with Crippen LogP contribution in [0.4, 0.5) is 5.82 Å². The van der Waals surface area contributed by atoms with E-state index in [4.69, 9.17) is 0 Å². The highest BCUT2D eigenvalue weighted by molar-refractivity contribution is 5.91. The van der Waals surface area contributed by atoms with Gasteiger partial charge in [0.1, 0.15) is 5.82 Å². The van der Waals surface area contributed by atoms with Gasteiger partial charge in [-0.15, -0.1) is 0 Å². The molecule has 0 aliphatic rings. The van der Waals surface area contributed by atoms with Crippen LogP contribution in [-0.2, 0) is 11.2 Å². The lowest BCUT2D eigenvalue weighted by molar-refractivity contribution is -0.115. The van der Waals surface area contributed by atoms with Gasteiger partial charge in [-0.05, 0) is 24.1 Å². The Hall–Kier alpha value is -2.16. The van der Waals surface area contributed by atoms with E-state index >= 15 is 0 Å². The van der Waals surface area contributed by atoms with Crippen LogP contribution in [0.2, 0.25) is 0 Å². The fourth-order valence-corrected chi connectivity index (χ4v) is 1.57. The summed E-state index contributed by atoms with van der Waals surface area (Å²) >= 11 is 0. The van der Waals surface area contributed by atoms with Gasteiger partial charge in [-0.1, -0.05) is 36.4 Å². The Balaban J connectivity index is 2.01. The molecule has 3 heteroatoms. The molecule has 0 fully saturated rings. The number of pyridine rings is 1. The average molecular weight is 226 g/mol. The van der Waals surface area contributed by atoms with E-state index in [0.29, 0.717) is 12.2 Å². The summed E-state index contributed by atoms with van der Waals surface area (Å²) in [5.74, 6) is 0.589. The van der Waals surface area contributed by atoms with Crippen LogP contribution in [0, 0.1) is 6.92 Å². The number of carbonyl (C=O) groups excluding carboxylic acids is 1. The van der Waals surface area contributed by atoms with E-state index in [2.05, 4.69) is 10.3 Å². The molecule has 0 radical (unpaired) electrons. The number of anilines is 1. The van der Waals surface area contributed by atoms with Crippen molar-refractivity contribution < 1.29 is 4.79 Å². The fourth-order valence-electron chi connectivity index (χ4n) is 1.57. The topological polar surface area (TPSA) is 42.0 Å². The lowest BCUT2D eigenvalue weighted by atomic mass is 10.1. The highest BCUT2D eigenvalue weighted by Gasteiger charge is 2.05. The summed E-state index contributed by atoms with van der Waals surface area (Å²) < 4.78 is 0. The Morgan fingerprint density at radius 1 is 1.18 bits per heavy atom. The van der Waals surface area contributed by atoms with E-state index in [1.165, 1.54) is 0 Å². The van der Waals surface area contributed by atoms with Crippen molar-refractivity contribution in [2.45, 2.75) is 13.3 Å². The number of benzene rings is 1. The number of hydrogen-bond donors (Lipinski definition) is 1. The van der Waals surface area contributed by atoms with Crippen molar-refractivity contribution in [3.8, 4) is 0 Å². The van der Waals surface area contributed by atoms with E-state index < -0.39 is 0 Å². The fraction of sp³-hybridized carbons (Fsp3) is 0.143. The molecular formula is C14H14N2O. The van der Waals surface area contributed by atoms with Crippen LogP contribution in [-0.4, -0.2) is 10.9 Å². The highest BCUT2D eigenvalue weighted by atomic mass is 16.1. The number of hydrogen-bond acceptors (Lipinski definition) is 2. The molecule has 86 valence electrons. The van der Waals surface area contributed by atoms with E-state index in [1.807, 2.05) is 49.4 Å². The standard InChI is InChI=1S/C14H14N2O/c1-11-6-5-9-15-14(11)16-13(17)10-12-7-3-2-4-8-12/h2-9H,10H2,1H3,(H,15,16,17). The largest absolute Gasteiger partial charge is 0.310 e. The quantitative estimate of drug-likeness (QED) is 0.874. The minimum Gasteiger partial charge on any atom is -0.310 e. The molecule has 1 aromatic carbocycles. The number of nitrogens with one attached hydrogen (secondary N) is 1. The van der Waals surface area contributed by atoms with Gasteiger partial charge in [0.2, 0.25) is 5.91 Å². The van der Waals surface area contributed by atoms with Gasteiger partial charge in [0.15, 0.2) is 0 Å². The minimum absolute atomic E-state index is 0.0435. The van der Waals surface area contributed by atoms with Crippen LogP contribution in [0.3, 0.4) is 0 Å². The van der Waals surface area contributed by atoms with Crippen molar-refractivity contribution in [1.29, 1.82) is 0 Å². The Labute approximate surface area is 101 Å². The van der Waals surface area contributed by atoms with Gasteiger partial charge in [-0.3, -0.25) is 4.79 Å². The summed E-state index contributed by atoms with van der Waals surface area (Å²) in [7, 11) is 0. The van der Waals surface area contributed by atoms with Gasteiger partial charge >= 0.3 is 0 Å². The Morgan fingerprint density at radius 2 is 1.94 bits per heavy atom. The number of carbonyl (C=O) groups is 1. The normalized spacial score (nSPS) is 9.94. The van der Waals surface area contributed by atoms with Crippen molar-refractivity contribution >= 4 is 11.7 Å². The molecule has 0 saturated heterocycles. The molecule has 17 heavy (non-hydrogen) atoms. The molecule has 0 aliphatic carbocycles. The summed E-state index contributed by atoms with van der Waals surface area (Å²) in [5.41, 5.74) is 1.97. The van der Waals surface area contributed by atoms with E-state index in [9.17, 15) is 4.79 Å². The summed E-state index contributed by atoms with van der Waals surface area (Å²) in [6.45, 7) is 1.92. The van der Waals surface area contributed by atoms with Gasteiger partial charge in [-0.25, -0.2) is 4.98 Å². The zero-order valence-electron chi connectivity index (χ0n) is 9.68. The van der Waals surface area contributed by atoms with Gasteiger partial charge < -0.3 is 5.32 Å². The van der Waals surface area contributed by atoms with Crippen molar-refractivity contribution in [3.63, 3.8) is 0 Å². The first-order valence-electron chi connectivity index (χ1n) is 5.51. The SMILES string of the molecule is Cc1cccnc1NC(=O)Cc1ccccc1. The second kappa shape index (κ2) is 5.25. The first-order valence-corrected chi connectivity index (χ1v) is 5.51. The molecule has 0 spiro atoms.